The molecule has 1 saturated carbocycles. The summed E-state index contributed by atoms with van der Waals surface area (Å²) in [6.45, 7) is 3.09. The van der Waals surface area contributed by atoms with Gasteiger partial charge in [-0.05, 0) is 55.9 Å². The van der Waals surface area contributed by atoms with Crippen molar-refractivity contribution in [2.75, 3.05) is 13.1 Å². The van der Waals surface area contributed by atoms with Gasteiger partial charge in [-0.2, -0.15) is 4.31 Å². The summed E-state index contributed by atoms with van der Waals surface area (Å²) in [5, 5.41) is 0. The number of nitrogens with zero attached hydrogens (tertiary/aromatic N) is 1. The molecule has 1 aromatic carbocycles. The Kier molecular flexibility index (Phi) is 5.53. The first kappa shape index (κ1) is 18.8. The van der Waals surface area contributed by atoms with Crippen LogP contribution >= 0.6 is 0 Å². The molecule has 0 spiro atoms. The van der Waals surface area contributed by atoms with Crippen LogP contribution in [0.4, 0.5) is 0 Å². The third kappa shape index (κ3) is 4.24. The van der Waals surface area contributed by atoms with Crippen LogP contribution in [0.5, 0.6) is 0 Å². The van der Waals surface area contributed by atoms with Gasteiger partial charge in [0.15, 0.2) is 0 Å². The topological polar surface area (TPSA) is 83.6 Å². The predicted molar refractivity (Wildman–Crippen MR) is 96.2 cm³/mol. The Labute approximate surface area is 150 Å². The molecule has 1 heterocycles. The van der Waals surface area contributed by atoms with Gasteiger partial charge in [-0.1, -0.05) is 19.8 Å². The molecule has 0 bridgehead atoms. The lowest BCUT2D eigenvalue weighted by Crippen LogP contribution is -2.39. The highest BCUT2D eigenvalue weighted by Gasteiger charge is 2.29. The Morgan fingerprint density at radius 3 is 2.12 bits per heavy atom. The summed E-state index contributed by atoms with van der Waals surface area (Å²) in [4.78, 5) is 0.270. The van der Waals surface area contributed by atoms with E-state index in [0.29, 0.717) is 19.0 Å². The monoisotopic (exact) mass is 386 g/mol. The minimum absolute atomic E-state index is 0.0109. The van der Waals surface area contributed by atoms with Crippen molar-refractivity contribution < 1.29 is 16.8 Å². The Hall–Kier alpha value is -0.960. The minimum Gasteiger partial charge on any atom is -0.208 e. The van der Waals surface area contributed by atoms with E-state index in [9.17, 15) is 16.8 Å². The van der Waals surface area contributed by atoms with E-state index >= 15 is 0 Å². The zero-order valence-corrected chi connectivity index (χ0v) is 16.2. The van der Waals surface area contributed by atoms with E-state index in [4.69, 9.17) is 0 Å². The Bertz CT molecular complexity index is 798. The molecule has 0 radical (unpaired) electrons. The van der Waals surface area contributed by atoms with Gasteiger partial charge >= 0.3 is 0 Å². The van der Waals surface area contributed by atoms with Crippen LogP contribution in [-0.2, 0) is 20.0 Å². The van der Waals surface area contributed by atoms with E-state index in [2.05, 4.69) is 4.72 Å². The molecule has 0 aromatic heterocycles. The normalized spacial score (nSPS) is 23.8. The van der Waals surface area contributed by atoms with Crippen LogP contribution in [0, 0.1) is 5.92 Å². The molecule has 1 aliphatic heterocycles. The molecule has 0 unspecified atom stereocenters. The van der Waals surface area contributed by atoms with Gasteiger partial charge in [0, 0.05) is 19.1 Å². The minimum atomic E-state index is -3.60. The van der Waals surface area contributed by atoms with Crippen molar-refractivity contribution >= 4 is 20.0 Å². The summed E-state index contributed by atoms with van der Waals surface area (Å²) in [6.07, 6.45) is 5.70. The maximum Gasteiger partial charge on any atom is 0.243 e. The standard InChI is InChI=1S/C17H26N2O4S2/c1-14-5-4-12-19(13-14)25(22,23)17-10-8-16(9-11-17)24(20,21)18-15-6-2-3-7-15/h8-11,14-15,18H,2-7,12-13H2,1H3/t14-/m0/s1. The molecule has 2 fully saturated rings. The second-order valence-corrected chi connectivity index (χ2v) is 10.8. The fourth-order valence-electron chi connectivity index (χ4n) is 3.64. The first-order valence-electron chi connectivity index (χ1n) is 8.91. The number of rotatable bonds is 5. The highest BCUT2D eigenvalue weighted by Crippen LogP contribution is 2.25. The zero-order valence-electron chi connectivity index (χ0n) is 14.5. The van der Waals surface area contributed by atoms with E-state index in [0.717, 1.165) is 38.5 Å². The van der Waals surface area contributed by atoms with Crippen LogP contribution in [-0.4, -0.2) is 40.3 Å². The molecule has 0 amide bonds. The Balaban J connectivity index is 1.77. The van der Waals surface area contributed by atoms with Crippen molar-refractivity contribution in [1.82, 2.24) is 9.03 Å². The second kappa shape index (κ2) is 7.34. The fourth-order valence-corrected chi connectivity index (χ4v) is 6.54. The smallest absolute Gasteiger partial charge is 0.208 e. The van der Waals surface area contributed by atoms with Gasteiger partial charge in [-0.15, -0.1) is 0 Å². The van der Waals surface area contributed by atoms with Gasteiger partial charge in [0.25, 0.3) is 0 Å². The molecule has 3 rings (SSSR count). The van der Waals surface area contributed by atoms with Crippen molar-refractivity contribution in [1.29, 1.82) is 0 Å². The molecule has 1 saturated heterocycles. The highest BCUT2D eigenvalue weighted by atomic mass is 32.2. The van der Waals surface area contributed by atoms with Crippen molar-refractivity contribution in [3.05, 3.63) is 24.3 Å². The van der Waals surface area contributed by atoms with Crippen molar-refractivity contribution in [2.45, 2.75) is 61.3 Å². The fraction of sp³-hybridized carbons (Fsp3) is 0.647. The van der Waals surface area contributed by atoms with E-state index in [1.807, 2.05) is 6.92 Å². The van der Waals surface area contributed by atoms with Crippen LogP contribution in [0.3, 0.4) is 0 Å². The van der Waals surface area contributed by atoms with E-state index in [-0.39, 0.29) is 15.8 Å². The lowest BCUT2D eigenvalue weighted by atomic mass is 10.0. The Morgan fingerprint density at radius 1 is 0.920 bits per heavy atom. The van der Waals surface area contributed by atoms with Crippen LogP contribution in [0.2, 0.25) is 0 Å². The predicted octanol–water partition coefficient (Wildman–Crippen LogP) is 2.33. The van der Waals surface area contributed by atoms with Crippen LogP contribution < -0.4 is 4.72 Å². The van der Waals surface area contributed by atoms with Crippen LogP contribution in [0.25, 0.3) is 0 Å². The van der Waals surface area contributed by atoms with E-state index in [1.165, 1.54) is 28.6 Å². The van der Waals surface area contributed by atoms with Crippen molar-refractivity contribution in [3.63, 3.8) is 0 Å². The summed E-state index contributed by atoms with van der Waals surface area (Å²) >= 11 is 0. The highest BCUT2D eigenvalue weighted by molar-refractivity contribution is 7.89. The molecule has 140 valence electrons. The summed E-state index contributed by atoms with van der Waals surface area (Å²) in [5.41, 5.74) is 0. The molecule has 1 aromatic rings. The number of benzene rings is 1. The van der Waals surface area contributed by atoms with E-state index < -0.39 is 20.0 Å². The number of sulfonamides is 2. The van der Waals surface area contributed by atoms with Gasteiger partial charge in [0.2, 0.25) is 20.0 Å². The lowest BCUT2D eigenvalue weighted by Gasteiger charge is -2.30. The van der Waals surface area contributed by atoms with Crippen LogP contribution in [0.1, 0.15) is 45.4 Å². The lowest BCUT2D eigenvalue weighted by molar-refractivity contribution is 0.281. The van der Waals surface area contributed by atoms with Gasteiger partial charge < -0.3 is 0 Å². The van der Waals surface area contributed by atoms with Crippen molar-refractivity contribution in [2.24, 2.45) is 5.92 Å². The summed E-state index contributed by atoms with van der Waals surface area (Å²) in [7, 11) is -7.16. The maximum absolute atomic E-state index is 12.7. The zero-order chi connectivity index (χ0) is 18.1. The van der Waals surface area contributed by atoms with Crippen LogP contribution in [0.15, 0.2) is 34.1 Å². The first-order valence-corrected chi connectivity index (χ1v) is 11.8. The number of nitrogens with one attached hydrogen (secondary N) is 1. The Morgan fingerprint density at radius 2 is 1.52 bits per heavy atom. The molecule has 8 heteroatoms. The third-order valence-corrected chi connectivity index (χ3v) is 8.48. The second-order valence-electron chi connectivity index (χ2n) is 7.18. The number of piperidine rings is 1. The summed E-state index contributed by atoms with van der Waals surface area (Å²) < 4.78 is 54.5. The SMILES string of the molecule is C[C@H]1CCCN(S(=O)(=O)c2ccc(S(=O)(=O)NC3CCCC3)cc2)C1. The molecule has 25 heavy (non-hydrogen) atoms. The molecule has 1 atom stereocenters. The largest absolute Gasteiger partial charge is 0.243 e. The first-order chi connectivity index (χ1) is 11.8. The van der Waals surface area contributed by atoms with Gasteiger partial charge in [-0.3, -0.25) is 0 Å². The number of hydrogen-bond donors (Lipinski definition) is 1. The number of hydrogen-bond acceptors (Lipinski definition) is 4. The molecule has 1 aliphatic carbocycles. The van der Waals surface area contributed by atoms with E-state index in [1.54, 1.807) is 0 Å². The van der Waals surface area contributed by atoms with Crippen molar-refractivity contribution in [3.8, 4) is 0 Å². The maximum atomic E-state index is 12.7. The molecule has 2 aliphatic rings. The average molecular weight is 387 g/mol. The van der Waals surface area contributed by atoms with Gasteiger partial charge in [0.05, 0.1) is 9.79 Å². The molecule has 1 N–H and O–H groups in total. The molecule has 6 nitrogen and oxygen atoms in total. The molecular formula is C17H26N2O4S2. The average Bonchev–Trinajstić information content (AvgIpc) is 3.07. The molecular weight excluding hydrogens is 360 g/mol. The third-order valence-electron chi connectivity index (χ3n) is 5.07. The quantitative estimate of drug-likeness (QED) is 0.842. The van der Waals surface area contributed by atoms with Gasteiger partial charge in [0.1, 0.15) is 0 Å². The van der Waals surface area contributed by atoms with Gasteiger partial charge in [-0.25, -0.2) is 21.6 Å². The summed E-state index contributed by atoms with van der Waals surface area (Å²) in [5.74, 6) is 0.346. The summed E-state index contributed by atoms with van der Waals surface area (Å²) in [6, 6.07) is 5.56.